The molecule has 5 amide bonds. The summed E-state index contributed by atoms with van der Waals surface area (Å²) in [6, 6.07) is -1.98. The van der Waals surface area contributed by atoms with Crippen LogP contribution < -0.4 is 60.0 Å². The van der Waals surface area contributed by atoms with Gasteiger partial charge < -0.3 is 74.8 Å². The number of nitrogen functional groups attached to an aromatic ring is 1. The molecule has 0 aliphatic rings. The highest BCUT2D eigenvalue weighted by atomic mass is 32.1. The first-order valence-electron chi connectivity index (χ1n) is 20.9. The van der Waals surface area contributed by atoms with Gasteiger partial charge in [-0.25, -0.2) is 19.6 Å². The Bertz CT molecular complexity index is 2540. The molecular formula is C40H53N15O14S. The van der Waals surface area contributed by atoms with Crippen molar-refractivity contribution in [1.82, 2.24) is 51.8 Å². The van der Waals surface area contributed by atoms with Gasteiger partial charge in [-0.05, 0) is 56.9 Å². The standard InChI is InChI=1S/C40H53N15O14S/c1-2-19(9-10-23(37(66)67)52-32(61)18-5-7-20(8-6-18)45-14-21-15-46-31-30(49-21)36(65)55-40(43)54-31)48-25(13-29(59)60)35(64)51-22(4-3-11-44-39(41)42)34(63)53-24(12-28(57)58)33(62)47-16-27(56)50-26(17-70)38(68)69/h2,5-8,15,22-26,45,48,70H,3-4,9-14,16-17H2,1H3,(H,47,62)(H,50,56)(H,51,64)(H,52,61)(H,53,63)(H,57,58)(H,59,60)(H,66,67)(H,68,69)(H4,41,42,44)(H3,43,46,54,55,65)/b19-2+/t22?,23-,24?,25-,26?/m1/s1. The van der Waals surface area contributed by atoms with Crippen LogP contribution in [0.15, 0.2) is 52.0 Å². The van der Waals surface area contributed by atoms with Crippen molar-refractivity contribution in [2.45, 2.75) is 82.2 Å². The maximum absolute atomic E-state index is 13.7. The van der Waals surface area contributed by atoms with E-state index in [4.69, 9.17) is 22.3 Å². The molecule has 3 rings (SSSR count). The van der Waals surface area contributed by atoms with Gasteiger partial charge in [0, 0.05) is 29.2 Å². The molecule has 3 aromatic rings. The number of anilines is 2. The average molecular weight is 1000 g/mol. The molecule has 0 spiro atoms. The Hall–Kier alpha value is -8.57. The van der Waals surface area contributed by atoms with Crippen LogP contribution in [0.4, 0.5) is 11.6 Å². The number of benzene rings is 1. The maximum atomic E-state index is 13.7. The Labute approximate surface area is 401 Å². The predicted molar refractivity (Wildman–Crippen MR) is 250 cm³/mol. The summed E-state index contributed by atoms with van der Waals surface area (Å²) in [5.74, 6) is -11.6. The molecule has 1 aromatic carbocycles. The number of allylic oxidation sites excluding steroid dienone is 2. The Balaban J connectivity index is 1.68. The first-order chi connectivity index (χ1) is 33.1. The Morgan fingerprint density at radius 2 is 1.40 bits per heavy atom. The number of nitrogens with one attached hydrogen (secondary N) is 8. The first kappa shape index (κ1) is 55.8. The van der Waals surface area contributed by atoms with Gasteiger partial charge in [0.25, 0.3) is 11.5 Å². The molecule has 0 bridgehead atoms. The van der Waals surface area contributed by atoms with E-state index in [-0.39, 0.29) is 78.9 Å². The monoisotopic (exact) mass is 999 g/mol. The number of aromatic nitrogens is 4. The number of guanidine groups is 1. The van der Waals surface area contributed by atoms with Crippen molar-refractivity contribution >= 4 is 94.8 Å². The van der Waals surface area contributed by atoms with Crippen LogP contribution in [0, 0.1) is 0 Å². The van der Waals surface area contributed by atoms with E-state index in [1.54, 1.807) is 12.1 Å². The number of aliphatic imine (C=N–C) groups is 1. The van der Waals surface area contributed by atoms with E-state index in [0.717, 1.165) is 0 Å². The molecule has 0 fully saturated rings. The number of aromatic amines is 1. The molecule has 0 aliphatic carbocycles. The highest BCUT2D eigenvalue weighted by molar-refractivity contribution is 7.80. The molecule has 2 heterocycles. The summed E-state index contributed by atoms with van der Waals surface area (Å²) in [5, 5.41) is 55.3. The van der Waals surface area contributed by atoms with Crippen molar-refractivity contribution in [3.8, 4) is 0 Å². The zero-order valence-electron chi connectivity index (χ0n) is 37.3. The number of aliphatic carboxylic acids is 4. The number of thiol groups is 1. The van der Waals surface area contributed by atoms with Crippen molar-refractivity contribution in [2.24, 2.45) is 16.5 Å². The molecule has 0 saturated carbocycles. The van der Waals surface area contributed by atoms with Gasteiger partial charge in [-0.15, -0.1) is 0 Å². The molecule has 30 heteroatoms. The van der Waals surface area contributed by atoms with E-state index >= 15 is 0 Å². The number of carbonyl (C=O) groups excluding carboxylic acids is 5. The van der Waals surface area contributed by atoms with Crippen LogP contribution in [0.2, 0.25) is 0 Å². The topological polar surface area (TPSA) is 481 Å². The second kappa shape index (κ2) is 27.3. The molecule has 70 heavy (non-hydrogen) atoms. The fourth-order valence-electron chi connectivity index (χ4n) is 6.12. The quantitative estimate of drug-likeness (QED) is 0.0138. The fourth-order valence-corrected chi connectivity index (χ4v) is 6.36. The predicted octanol–water partition coefficient (Wildman–Crippen LogP) is -3.68. The van der Waals surface area contributed by atoms with Gasteiger partial charge in [0.2, 0.25) is 29.6 Å². The number of hydrogen-bond donors (Lipinski definition) is 16. The lowest BCUT2D eigenvalue weighted by molar-refractivity contribution is -0.142. The third-order valence-electron chi connectivity index (χ3n) is 9.64. The smallest absolute Gasteiger partial charge is 0.327 e. The van der Waals surface area contributed by atoms with E-state index in [0.29, 0.717) is 11.4 Å². The zero-order chi connectivity index (χ0) is 52.1. The number of H-pyrrole nitrogens is 1. The minimum Gasteiger partial charge on any atom is -0.481 e. The summed E-state index contributed by atoms with van der Waals surface area (Å²) in [7, 11) is 0. The number of rotatable bonds is 29. The fraction of sp³-hybridized carbons (Fsp3) is 0.400. The number of fused-ring (bicyclic) bond motifs is 1. The van der Waals surface area contributed by atoms with Crippen LogP contribution in [-0.4, -0.2) is 149 Å². The molecule has 3 unspecified atom stereocenters. The highest BCUT2D eigenvalue weighted by Gasteiger charge is 2.32. The number of nitrogens with zero attached hydrogens (tertiary/aromatic N) is 4. The van der Waals surface area contributed by atoms with Gasteiger partial charge in [-0.1, -0.05) is 6.08 Å². The van der Waals surface area contributed by atoms with Crippen LogP contribution in [-0.2, 0) is 44.9 Å². The van der Waals surface area contributed by atoms with Crippen molar-refractivity contribution in [3.63, 3.8) is 0 Å². The van der Waals surface area contributed by atoms with Crippen LogP contribution in [0.3, 0.4) is 0 Å². The summed E-state index contributed by atoms with van der Waals surface area (Å²) in [6.07, 6.45) is 0.313. The lowest BCUT2D eigenvalue weighted by atomic mass is 10.1. The molecule has 378 valence electrons. The first-order valence-corrected chi connectivity index (χ1v) is 21.5. The van der Waals surface area contributed by atoms with Gasteiger partial charge in [-0.3, -0.25) is 48.3 Å². The molecule has 29 nitrogen and oxygen atoms in total. The molecule has 2 aromatic heterocycles. The van der Waals surface area contributed by atoms with E-state index in [1.165, 1.54) is 31.3 Å². The lowest BCUT2D eigenvalue weighted by Crippen LogP contribution is -2.57. The normalized spacial score (nSPS) is 13.2. The summed E-state index contributed by atoms with van der Waals surface area (Å²) in [4.78, 5) is 143. The number of carboxylic acid groups (broad SMARTS) is 4. The Morgan fingerprint density at radius 1 is 0.786 bits per heavy atom. The van der Waals surface area contributed by atoms with Crippen molar-refractivity contribution in [3.05, 3.63) is 63.8 Å². The Morgan fingerprint density at radius 3 is 1.99 bits per heavy atom. The van der Waals surface area contributed by atoms with Crippen LogP contribution in [0.1, 0.15) is 61.5 Å². The second-order valence-corrected chi connectivity index (χ2v) is 15.3. The number of hydrogen-bond acceptors (Lipinski definition) is 18. The minimum atomic E-state index is -1.84. The molecule has 5 atom stereocenters. The third kappa shape index (κ3) is 18.6. The number of carboxylic acids is 4. The van der Waals surface area contributed by atoms with Crippen molar-refractivity contribution in [2.75, 3.05) is 29.9 Å². The van der Waals surface area contributed by atoms with E-state index in [2.05, 4.69) is 74.8 Å². The summed E-state index contributed by atoms with van der Waals surface area (Å²) in [6.45, 7) is 0.746. The summed E-state index contributed by atoms with van der Waals surface area (Å²) >= 11 is 3.82. The second-order valence-electron chi connectivity index (χ2n) is 15.0. The van der Waals surface area contributed by atoms with Gasteiger partial charge in [0.1, 0.15) is 30.2 Å². The van der Waals surface area contributed by atoms with Gasteiger partial charge >= 0.3 is 23.9 Å². The molecular weight excluding hydrogens is 947 g/mol. The van der Waals surface area contributed by atoms with E-state index in [1.807, 2.05) is 0 Å². The van der Waals surface area contributed by atoms with Gasteiger partial charge in [-0.2, -0.15) is 17.6 Å². The van der Waals surface area contributed by atoms with E-state index < -0.39 is 109 Å². The molecule has 0 radical (unpaired) electrons. The van der Waals surface area contributed by atoms with Gasteiger partial charge in [0.05, 0.1) is 37.8 Å². The van der Waals surface area contributed by atoms with Crippen LogP contribution in [0.25, 0.3) is 11.2 Å². The third-order valence-corrected chi connectivity index (χ3v) is 10.0. The van der Waals surface area contributed by atoms with Crippen molar-refractivity contribution in [1.29, 1.82) is 0 Å². The Kier molecular flexibility index (Phi) is 21.7. The SMILES string of the molecule is C/C=C(\CC[C@@H](NC(=O)c1ccc(NCc2cnc3nc(N)[nH]c(=O)c3n2)cc1)C(=O)O)N[C@H](CC(=O)O)C(=O)NC(CCCN=C(N)N)C(=O)NC(CC(=O)O)C(=O)NCC(=O)NC(CS)C(=O)O. The van der Waals surface area contributed by atoms with Crippen LogP contribution >= 0.6 is 12.6 Å². The number of nitrogens with two attached hydrogens (primary N) is 3. The number of amides is 5. The average Bonchev–Trinajstić information content (AvgIpc) is 3.29. The van der Waals surface area contributed by atoms with Gasteiger partial charge in [0.15, 0.2) is 17.1 Å². The lowest BCUT2D eigenvalue weighted by Gasteiger charge is -2.26. The maximum Gasteiger partial charge on any atom is 0.327 e. The number of carbonyl (C=O) groups is 9. The molecule has 18 N–H and O–H groups in total. The van der Waals surface area contributed by atoms with E-state index in [9.17, 15) is 63.3 Å². The summed E-state index contributed by atoms with van der Waals surface area (Å²) in [5.41, 5.74) is 17.0. The molecule has 0 saturated heterocycles. The zero-order valence-corrected chi connectivity index (χ0v) is 38.2. The van der Waals surface area contributed by atoms with Crippen LogP contribution in [0.5, 0.6) is 0 Å². The molecule has 0 aliphatic heterocycles. The highest BCUT2D eigenvalue weighted by Crippen LogP contribution is 2.14. The van der Waals surface area contributed by atoms with Crippen molar-refractivity contribution < 1.29 is 63.6 Å². The summed E-state index contributed by atoms with van der Waals surface area (Å²) < 4.78 is 0. The minimum absolute atomic E-state index is 0.0127. The largest absolute Gasteiger partial charge is 0.481 e.